The van der Waals surface area contributed by atoms with Crippen LogP contribution >= 0.6 is 11.3 Å². The number of aromatic nitrogens is 2. The summed E-state index contributed by atoms with van der Waals surface area (Å²) in [6.07, 6.45) is 4.33. The Kier molecular flexibility index (Phi) is 4.87. The molecule has 138 valence electrons. The van der Waals surface area contributed by atoms with Crippen LogP contribution in [0.3, 0.4) is 0 Å². The quantitative estimate of drug-likeness (QED) is 0.727. The van der Waals surface area contributed by atoms with Gasteiger partial charge in [-0.1, -0.05) is 12.1 Å². The minimum absolute atomic E-state index is 0.125. The fourth-order valence-corrected chi connectivity index (χ4v) is 4.22. The third-order valence-electron chi connectivity index (χ3n) is 4.56. The number of nitrogens with zero attached hydrogens (tertiary/aromatic N) is 3. The summed E-state index contributed by atoms with van der Waals surface area (Å²) < 4.78 is 0. The van der Waals surface area contributed by atoms with Crippen molar-refractivity contribution in [3.05, 3.63) is 70.0 Å². The number of benzene rings is 1. The average molecular weight is 379 g/mol. The predicted octanol–water partition coefficient (Wildman–Crippen LogP) is 3.24. The Balaban J connectivity index is 1.44. The Labute approximate surface area is 162 Å². The molecule has 0 radical (unpaired) electrons. The number of nitrogen functional groups attached to an aromatic ring is 1. The van der Waals surface area contributed by atoms with Gasteiger partial charge >= 0.3 is 0 Å². The lowest BCUT2D eigenvalue weighted by Gasteiger charge is -2.26. The molecule has 1 aromatic carbocycles. The molecule has 0 spiro atoms. The third kappa shape index (κ3) is 4.15. The molecule has 0 aliphatic carbocycles. The lowest BCUT2D eigenvalue weighted by Crippen LogP contribution is -2.29. The Morgan fingerprint density at radius 3 is 3.07 bits per heavy atom. The number of carbonyl (C=O) groups excluding carboxylic acids is 1. The van der Waals surface area contributed by atoms with Crippen LogP contribution in [-0.4, -0.2) is 27.3 Å². The predicted molar refractivity (Wildman–Crippen MR) is 108 cm³/mol. The third-order valence-corrected chi connectivity index (χ3v) is 5.47. The minimum atomic E-state index is -0.125. The summed E-state index contributed by atoms with van der Waals surface area (Å²) >= 11 is 1.57. The van der Waals surface area contributed by atoms with Crippen molar-refractivity contribution < 1.29 is 4.79 Å². The largest absolute Gasteiger partial charge is 0.375 e. The number of nitrogens with two attached hydrogens (primary N) is 1. The summed E-state index contributed by atoms with van der Waals surface area (Å²) in [4.78, 5) is 24.7. The number of aryl methyl sites for hydroxylation is 1. The zero-order valence-electron chi connectivity index (χ0n) is 15.1. The zero-order chi connectivity index (χ0) is 18.8. The molecule has 1 aliphatic rings. The van der Waals surface area contributed by atoms with Crippen LogP contribution in [0, 0.1) is 6.92 Å². The first-order valence-electron chi connectivity index (χ1n) is 8.85. The molecule has 0 fully saturated rings. The average Bonchev–Trinajstić information content (AvgIpc) is 3.01. The normalized spacial score (nSPS) is 14.0. The molecule has 3 aromatic rings. The van der Waals surface area contributed by atoms with Gasteiger partial charge in [0.1, 0.15) is 0 Å². The smallest absolute Gasteiger partial charge is 0.255 e. The highest BCUT2D eigenvalue weighted by molar-refractivity contribution is 7.15. The van der Waals surface area contributed by atoms with Gasteiger partial charge in [-0.25, -0.2) is 4.98 Å². The molecule has 3 heterocycles. The van der Waals surface area contributed by atoms with Crippen molar-refractivity contribution in [2.75, 3.05) is 17.6 Å². The Hall–Kier alpha value is -2.77. The molecule has 0 saturated carbocycles. The van der Waals surface area contributed by atoms with E-state index in [0.29, 0.717) is 16.4 Å². The first kappa shape index (κ1) is 17.6. The fourth-order valence-electron chi connectivity index (χ4n) is 3.30. The summed E-state index contributed by atoms with van der Waals surface area (Å²) in [6, 6.07) is 9.68. The molecule has 7 heteroatoms. The Morgan fingerprint density at radius 1 is 1.33 bits per heavy atom. The molecule has 4 rings (SSSR count). The standard InChI is InChI=1S/C20H21N5OS/c1-13-7-16(10-22-9-13)23-19(26)15-4-2-3-14(8-15)11-25-6-5-17-18(12-25)27-20(21)24-17/h2-4,7-10H,5-6,11-12H2,1H3,(H2,21,24)(H,23,26). The van der Waals surface area contributed by atoms with Gasteiger partial charge in [0.2, 0.25) is 0 Å². The Bertz CT molecular complexity index is 984. The number of carbonyl (C=O) groups is 1. The van der Waals surface area contributed by atoms with Gasteiger partial charge in [-0.15, -0.1) is 11.3 Å². The molecular weight excluding hydrogens is 358 g/mol. The monoisotopic (exact) mass is 379 g/mol. The van der Waals surface area contributed by atoms with E-state index >= 15 is 0 Å². The van der Waals surface area contributed by atoms with Crippen molar-refractivity contribution in [1.82, 2.24) is 14.9 Å². The van der Waals surface area contributed by atoms with Gasteiger partial charge in [0.25, 0.3) is 5.91 Å². The lowest BCUT2D eigenvalue weighted by atomic mass is 10.1. The van der Waals surface area contributed by atoms with E-state index in [4.69, 9.17) is 5.73 Å². The highest BCUT2D eigenvalue weighted by Crippen LogP contribution is 2.27. The number of fused-ring (bicyclic) bond motifs is 1. The van der Waals surface area contributed by atoms with Gasteiger partial charge < -0.3 is 11.1 Å². The Morgan fingerprint density at radius 2 is 2.22 bits per heavy atom. The maximum absolute atomic E-state index is 12.6. The van der Waals surface area contributed by atoms with Crippen molar-refractivity contribution in [1.29, 1.82) is 0 Å². The van der Waals surface area contributed by atoms with Crippen molar-refractivity contribution >= 4 is 28.1 Å². The first-order valence-corrected chi connectivity index (χ1v) is 9.67. The van der Waals surface area contributed by atoms with Gasteiger partial charge in [0, 0.05) is 42.7 Å². The summed E-state index contributed by atoms with van der Waals surface area (Å²) in [5.41, 5.74) is 10.4. The van der Waals surface area contributed by atoms with E-state index in [2.05, 4.69) is 26.3 Å². The highest BCUT2D eigenvalue weighted by atomic mass is 32.1. The topological polar surface area (TPSA) is 84.1 Å². The lowest BCUT2D eigenvalue weighted by molar-refractivity contribution is 0.102. The number of pyridine rings is 1. The second-order valence-corrected chi connectivity index (χ2v) is 7.90. The van der Waals surface area contributed by atoms with E-state index in [1.165, 1.54) is 4.88 Å². The molecule has 0 atom stereocenters. The van der Waals surface area contributed by atoms with E-state index in [1.54, 1.807) is 23.7 Å². The molecule has 1 aliphatic heterocycles. The number of hydrogen-bond donors (Lipinski definition) is 2. The molecule has 27 heavy (non-hydrogen) atoms. The number of nitrogens with one attached hydrogen (secondary N) is 1. The van der Waals surface area contributed by atoms with E-state index in [9.17, 15) is 4.79 Å². The van der Waals surface area contributed by atoms with E-state index in [1.807, 2.05) is 31.2 Å². The summed E-state index contributed by atoms with van der Waals surface area (Å²) in [5.74, 6) is -0.125. The highest BCUT2D eigenvalue weighted by Gasteiger charge is 2.20. The van der Waals surface area contributed by atoms with Crippen molar-refractivity contribution in [3.63, 3.8) is 0 Å². The molecule has 6 nitrogen and oxygen atoms in total. The van der Waals surface area contributed by atoms with Crippen LogP contribution in [0.4, 0.5) is 10.8 Å². The number of hydrogen-bond acceptors (Lipinski definition) is 6. The molecule has 0 unspecified atom stereocenters. The van der Waals surface area contributed by atoms with Crippen LogP contribution in [0.5, 0.6) is 0 Å². The van der Waals surface area contributed by atoms with E-state index in [-0.39, 0.29) is 5.91 Å². The molecule has 0 saturated heterocycles. The van der Waals surface area contributed by atoms with Gasteiger partial charge in [0.15, 0.2) is 5.13 Å². The molecule has 2 aromatic heterocycles. The van der Waals surface area contributed by atoms with Gasteiger partial charge in [-0.2, -0.15) is 0 Å². The minimum Gasteiger partial charge on any atom is -0.375 e. The van der Waals surface area contributed by atoms with Crippen LogP contribution in [-0.2, 0) is 19.5 Å². The van der Waals surface area contributed by atoms with Crippen LogP contribution < -0.4 is 11.1 Å². The maximum atomic E-state index is 12.6. The fraction of sp³-hybridized carbons (Fsp3) is 0.250. The van der Waals surface area contributed by atoms with Crippen LogP contribution in [0.1, 0.15) is 32.1 Å². The summed E-state index contributed by atoms with van der Waals surface area (Å²) in [7, 11) is 0. The molecule has 1 amide bonds. The first-order chi connectivity index (χ1) is 13.1. The maximum Gasteiger partial charge on any atom is 0.255 e. The summed E-state index contributed by atoms with van der Waals surface area (Å²) in [5, 5.41) is 3.55. The van der Waals surface area contributed by atoms with Gasteiger partial charge in [0.05, 0.1) is 17.6 Å². The number of thiazole rings is 1. The van der Waals surface area contributed by atoms with Crippen LogP contribution in [0.25, 0.3) is 0 Å². The molecular formula is C20H21N5OS. The second-order valence-electron chi connectivity index (χ2n) is 6.79. The van der Waals surface area contributed by atoms with Crippen LogP contribution in [0.15, 0.2) is 42.7 Å². The molecule has 0 bridgehead atoms. The number of amides is 1. The van der Waals surface area contributed by atoms with Crippen molar-refractivity contribution in [3.8, 4) is 0 Å². The van der Waals surface area contributed by atoms with Crippen LogP contribution in [0.2, 0.25) is 0 Å². The van der Waals surface area contributed by atoms with Crippen molar-refractivity contribution in [2.24, 2.45) is 0 Å². The summed E-state index contributed by atoms with van der Waals surface area (Å²) in [6.45, 7) is 4.55. The van der Waals surface area contributed by atoms with E-state index in [0.717, 1.165) is 42.9 Å². The molecule has 3 N–H and O–H groups in total. The van der Waals surface area contributed by atoms with Gasteiger partial charge in [-0.3, -0.25) is 14.7 Å². The number of anilines is 2. The van der Waals surface area contributed by atoms with E-state index < -0.39 is 0 Å². The second kappa shape index (κ2) is 7.46. The van der Waals surface area contributed by atoms with Gasteiger partial charge in [-0.05, 0) is 36.2 Å². The van der Waals surface area contributed by atoms with Crippen molar-refractivity contribution in [2.45, 2.75) is 26.4 Å². The number of rotatable bonds is 4. The zero-order valence-corrected chi connectivity index (χ0v) is 15.9. The SMILES string of the molecule is Cc1cncc(NC(=O)c2cccc(CN3CCc4nc(N)sc4C3)c2)c1.